The Bertz CT molecular complexity index is 926. The van der Waals surface area contributed by atoms with Crippen LogP contribution in [0.1, 0.15) is 21.5 Å². The van der Waals surface area contributed by atoms with Crippen LogP contribution < -0.4 is 10.1 Å². The van der Waals surface area contributed by atoms with Crippen molar-refractivity contribution in [3.8, 4) is 5.75 Å². The van der Waals surface area contributed by atoms with Gasteiger partial charge in [-0.3, -0.25) is 10.1 Å². The molecule has 3 aromatic rings. The summed E-state index contributed by atoms with van der Waals surface area (Å²) < 4.78 is 6.13. The van der Waals surface area contributed by atoms with E-state index in [-0.39, 0.29) is 5.91 Å². The van der Waals surface area contributed by atoms with Gasteiger partial charge in [0.25, 0.3) is 5.91 Å². The number of nitrogens with one attached hydrogen (secondary N) is 1. The highest BCUT2D eigenvalue weighted by Crippen LogP contribution is 2.29. The second-order valence-corrected chi connectivity index (χ2v) is 7.82. The third kappa shape index (κ3) is 5.18. The summed E-state index contributed by atoms with van der Waals surface area (Å²) in [5.41, 5.74) is 2.68. The van der Waals surface area contributed by atoms with Crippen LogP contribution in [0.3, 0.4) is 0 Å². The van der Waals surface area contributed by atoms with Gasteiger partial charge in [0, 0.05) is 11.3 Å². The molecule has 138 valence electrons. The van der Waals surface area contributed by atoms with Gasteiger partial charge in [-0.05, 0) is 35.7 Å². The monoisotopic (exact) mass is 397 g/mol. The van der Waals surface area contributed by atoms with Crippen molar-refractivity contribution in [3.05, 3.63) is 77.9 Å². The highest BCUT2D eigenvalue weighted by Gasteiger charge is 2.13. The molecule has 0 aliphatic heterocycles. The molecule has 1 heterocycles. The Balaban J connectivity index is 1.63. The number of carbonyl (C=O) groups is 1. The summed E-state index contributed by atoms with van der Waals surface area (Å²) in [6, 6.07) is 15.5. The first-order valence-electron chi connectivity index (χ1n) is 8.29. The molecule has 0 unspecified atom stereocenters. The van der Waals surface area contributed by atoms with Crippen molar-refractivity contribution < 1.29 is 9.53 Å². The molecule has 1 aromatic heterocycles. The summed E-state index contributed by atoms with van der Waals surface area (Å²) in [5, 5.41) is 11.5. The molecule has 0 saturated carbocycles. The molecule has 0 spiro atoms. The van der Waals surface area contributed by atoms with Gasteiger partial charge in [-0.2, -0.15) is 0 Å². The van der Waals surface area contributed by atoms with Gasteiger partial charge in [0.2, 0.25) is 5.13 Å². The molecule has 0 aliphatic rings. The fourth-order valence-electron chi connectivity index (χ4n) is 2.44. The fourth-order valence-corrected chi connectivity index (χ4v) is 4.14. The standard InChI is InChI=1S/C20H19N3O2S2/c1-3-7-15-12-16(10-11-17(15)25-2)18(24)21-19-22-23-20(27-19)26-13-14-8-5-4-6-9-14/h3-6,8-12H,1,7,13H2,2H3,(H,21,22,24). The minimum Gasteiger partial charge on any atom is -0.496 e. The lowest BCUT2D eigenvalue weighted by atomic mass is 10.1. The number of rotatable bonds is 8. The summed E-state index contributed by atoms with van der Waals surface area (Å²) in [6.45, 7) is 3.74. The summed E-state index contributed by atoms with van der Waals surface area (Å²) in [6.07, 6.45) is 2.41. The topological polar surface area (TPSA) is 64.1 Å². The molecular weight excluding hydrogens is 378 g/mol. The molecule has 0 aliphatic carbocycles. The number of amides is 1. The SMILES string of the molecule is C=CCc1cc(C(=O)Nc2nnc(SCc3ccccc3)s2)ccc1OC. The smallest absolute Gasteiger partial charge is 0.257 e. The maximum atomic E-state index is 12.5. The summed E-state index contributed by atoms with van der Waals surface area (Å²) in [4.78, 5) is 12.5. The van der Waals surface area contributed by atoms with Crippen molar-refractivity contribution in [2.75, 3.05) is 12.4 Å². The molecular formula is C20H19N3O2S2. The van der Waals surface area contributed by atoms with Crippen molar-refractivity contribution in [3.63, 3.8) is 0 Å². The van der Waals surface area contributed by atoms with E-state index in [1.165, 1.54) is 16.9 Å². The zero-order chi connectivity index (χ0) is 19.1. The number of benzene rings is 2. The number of thioether (sulfide) groups is 1. The lowest BCUT2D eigenvalue weighted by molar-refractivity contribution is 0.102. The molecule has 0 atom stereocenters. The maximum Gasteiger partial charge on any atom is 0.257 e. The molecule has 5 nitrogen and oxygen atoms in total. The zero-order valence-electron chi connectivity index (χ0n) is 14.8. The van der Waals surface area contributed by atoms with E-state index >= 15 is 0 Å². The highest BCUT2D eigenvalue weighted by atomic mass is 32.2. The van der Waals surface area contributed by atoms with Crippen LogP contribution >= 0.6 is 23.1 Å². The molecule has 0 bridgehead atoms. The second kappa shape index (κ2) is 9.34. The lowest BCUT2D eigenvalue weighted by Crippen LogP contribution is -2.12. The van der Waals surface area contributed by atoms with Gasteiger partial charge in [-0.25, -0.2) is 0 Å². The van der Waals surface area contributed by atoms with Crippen molar-refractivity contribution in [1.82, 2.24) is 10.2 Å². The van der Waals surface area contributed by atoms with Gasteiger partial charge < -0.3 is 4.74 Å². The minimum absolute atomic E-state index is 0.223. The number of nitrogens with zero attached hydrogens (tertiary/aromatic N) is 2. The Morgan fingerprint density at radius 2 is 2.07 bits per heavy atom. The number of aromatic nitrogens is 2. The van der Waals surface area contributed by atoms with Crippen LogP contribution in [0.5, 0.6) is 5.75 Å². The molecule has 0 radical (unpaired) electrons. The third-order valence-electron chi connectivity index (χ3n) is 3.74. The van der Waals surface area contributed by atoms with E-state index < -0.39 is 0 Å². The van der Waals surface area contributed by atoms with Crippen molar-refractivity contribution in [2.24, 2.45) is 0 Å². The first-order valence-corrected chi connectivity index (χ1v) is 10.1. The van der Waals surface area contributed by atoms with E-state index in [0.29, 0.717) is 17.1 Å². The van der Waals surface area contributed by atoms with Crippen LogP contribution in [0.2, 0.25) is 0 Å². The van der Waals surface area contributed by atoms with Gasteiger partial charge in [0.05, 0.1) is 7.11 Å². The summed E-state index contributed by atoms with van der Waals surface area (Å²) in [7, 11) is 1.61. The van der Waals surface area contributed by atoms with E-state index in [1.807, 2.05) is 24.3 Å². The Hall–Kier alpha value is -2.64. The minimum atomic E-state index is -0.223. The number of allylic oxidation sites excluding steroid dienone is 1. The van der Waals surface area contributed by atoms with Crippen molar-refractivity contribution >= 4 is 34.1 Å². The predicted octanol–water partition coefficient (Wildman–Crippen LogP) is 4.82. The number of anilines is 1. The van der Waals surface area contributed by atoms with Gasteiger partial charge in [0.15, 0.2) is 4.34 Å². The van der Waals surface area contributed by atoms with E-state index in [0.717, 1.165) is 21.4 Å². The Labute approximate surface area is 166 Å². The van der Waals surface area contributed by atoms with Crippen molar-refractivity contribution in [2.45, 2.75) is 16.5 Å². The predicted molar refractivity (Wildman–Crippen MR) is 111 cm³/mol. The number of methoxy groups -OCH3 is 1. The maximum absolute atomic E-state index is 12.5. The normalized spacial score (nSPS) is 10.4. The number of carbonyl (C=O) groups excluding carboxylic acids is 1. The molecule has 2 aromatic carbocycles. The molecule has 0 saturated heterocycles. The van der Waals surface area contributed by atoms with Gasteiger partial charge in [-0.15, -0.1) is 16.8 Å². The van der Waals surface area contributed by atoms with E-state index in [1.54, 1.807) is 37.1 Å². The summed E-state index contributed by atoms with van der Waals surface area (Å²) in [5.74, 6) is 1.33. The highest BCUT2D eigenvalue weighted by molar-refractivity contribution is 8.00. The van der Waals surface area contributed by atoms with Crippen LogP contribution in [0.4, 0.5) is 5.13 Å². The number of hydrogen-bond donors (Lipinski definition) is 1. The lowest BCUT2D eigenvalue weighted by Gasteiger charge is -2.09. The van der Waals surface area contributed by atoms with Gasteiger partial charge in [0.1, 0.15) is 5.75 Å². The fraction of sp³-hybridized carbons (Fsp3) is 0.150. The Morgan fingerprint density at radius 1 is 1.26 bits per heavy atom. The Morgan fingerprint density at radius 3 is 2.81 bits per heavy atom. The van der Waals surface area contributed by atoms with Crippen LogP contribution in [0.15, 0.2) is 65.5 Å². The number of hydrogen-bond acceptors (Lipinski definition) is 6. The average Bonchev–Trinajstić information content (AvgIpc) is 3.14. The number of ether oxygens (including phenoxy) is 1. The van der Waals surface area contributed by atoms with Crippen LogP contribution in [0, 0.1) is 0 Å². The Kier molecular flexibility index (Phi) is 6.62. The van der Waals surface area contributed by atoms with E-state index in [9.17, 15) is 4.79 Å². The molecule has 1 amide bonds. The van der Waals surface area contributed by atoms with Crippen LogP contribution in [-0.4, -0.2) is 23.2 Å². The largest absolute Gasteiger partial charge is 0.496 e. The molecule has 0 fully saturated rings. The zero-order valence-corrected chi connectivity index (χ0v) is 16.5. The quantitative estimate of drug-likeness (QED) is 0.335. The third-order valence-corrected chi connectivity index (χ3v) is 5.78. The average molecular weight is 398 g/mol. The first-order chi connectivity index (χ1) is 13.2. The molecule has 27 heavy (non-hydrogen) atoms. The van der Waals surface area contributed by atoms with Gasteiger partial charge >= 0.3 is 0 Å². The molecule has 7 heteroatoms. The molecule has 1 N–H and O–H groups in total. The molecule has 3 rings (SSSR count). The summed E-state index contributed by atoms with van der Waals surface area (Å²) >= 11 is 2.96. The second-order valence-electron chi connectivity index (χ2n) is 5.62. The van der Waals surface area contributed by atoms with Crippen LogP contribution in [-0.2, 0) is 12.2 Å². The van der Waals surface area contributed by atoms with E-state index in [4.69, 9.17) is 4.74 Å². The first kappa shape index (κ1) is 19.1. The van der Waals surface area contributed by atoms with E-state index in [2.05, 4.69) is 34.2 Å². The van der Waals surface area contributed by atoms with Crippen LogP contribution in [0.25, 0.3) is 0 Å². The van der Waals surface area contributed by atoms with Crippen molar-refractivity contribution in [1.29, 1.82) is 0 Å². The van der Waals surface area contributed by atoms with Gasteiger partial charge in [-0.1, -0.05) is 59.5 Å².